The van der Waals surface area contributed by atoms with Crippen LogP contribution in [-0.4, -0.2) is 18.0 Å². The summed E-state index contributed by atoms with van der Waals surface area (Å²) in [5.41, 5.74) is 2.33. The van der Waals surface area contributed by atoms with Crippen LogP contribution < -0.4 is 10.5 Å². The highest BCUT2D eigenvalue weighted by molar-refractivity contribution is 7.93. The fraction of sp³-hybridized carbons (Fsp3) is 0.0588. The monoisotopic (exact) mass is 387 g/mol. The summed E-state index contributed by atoms with van der Waals surface area (Å²) in [6, 6.07) is 13.8. The van der Waals surface area contributed by atoms with E-state index in [1.54, 1.807) is 12.4 Å². The van der Waals surface area contributed by atoms with Gasteiger partial charge in [0.1, 0.15) is 0 Å². The summed E-state index contributed by atoms with van der Waals surface area (Å²) in [5, 5.41) is 2.05. The van der Waals surface area contributed by atoms with Gasteiger partial charge in [0.15, 0.2) is 10.7 Å². The summed E-state index contributed by atoms with van der Waals surface area (Å²) in [6.45, 7) is 0. The van der Waals surface area contributed by atoms with Crippen molar-refractivity contribution in [3.8, 4) is 11.3 Å². The molecule has 7 nitrogen and oxygen atoms in total. The molecule has 4 rings (SSSR count). The largest absolute Gasteiger partial charge is 0.419 e. The Balaban J connectivity index is 1.65. The number of sulfonamides is 1. The van der Waals surface area contributed by atoms with Gasteiger partial charge in [0.2, 0.25) is 0 Å². The first kappa shape index (κ1) is 16.6. The Morgan fingerprint density at radius 3 is 2.69 bits per heavy atom. The molecule has 2 aromatic carbocycles. The van der Waals surface area contributed by atoms with E-state index < -0.39 is 15.8 Å². The van der Waals surface area contributed by atoms with Gasteiger partial charge in [-0.05, 0) is 12.1 Å². The zero-order chi connectivity index (χ0) is 18.3. The highest BCUT2D eigenvalue weighted by Gasteiger charge is 2.19. The lowest BCUT2D eigenvalue weighted by atomic mass is 10.2. The number of anilines is 1. The molecule has 26 heavy (non-hydrogen) atoms. The molecule has 4 aromatic rings. The van der Waals surface area contributed by atoms with Gasteiger partial charge in [-0.25, -0.2) is 18.2 Å². The fourth-order valence-corrected chi connectivity index (χ4v) is 4.50. The number of nitrogens with zero attached hydrogens (tertiary/aromatic N) is 2. The van der Waals surface area contributed by atoms with Crippen molar-refractivity contribution in [3.05, 3.63) is 64.5 Å². The van der Waals surface area contributed by atoms with Gasteiger partial charge in [0.05, 0.1) is 16.1 Å². The molecule has 0 radical (unpaired) electrons. The molecule has 0 bridgehead atoms. The number of benzene rings is 2. The van der Waals surface area contributed by atoms with E-state index in [1.165, 1.54) is 34.1 Å². The summed E-state index contributed by atoms with van der Waals surface area (Å²) in [4.78, 5) is 15.9. The lowest BCUT2D eigenvalue weighted by Crippen LogP contribution is -2.12. The molecule has 0 aliphatic rings. The van der Waals surface area contributed by atoms with Crippen molar-refractivity contribution in [1.82, 2.24) is 9.55 Å². The predicted octanol–water partition coefficient (Wildman–Crippen LogP) is 3.06. The van der Waals surface area contributed by atoms with Crippen LogP contribution in [0.5, 0.6) is 0 Å². The van der Waals surface area contributed by atoms with Crippen molar-refractivity contribution in [3.63, 3.8) is 0 Å². The van der Waals surface area contributed by atoms with E-state index in [9.17, 15) is 13.2 Å². The molecule has 0 fully saturated rings. The summed E-state index contributed by atoms with van der Waals surface area (Å²) in [6.07, 6.45) is 0. The number of aromatic nitrogens is 2. The SMILES string of the molecule is Cn1c(=O)oc2cc(S(=O)(=O)Nc3nc(-c4ccccc4)cs3)ccc21. The standard InChI is InChI=1S/C17H13N3O4S2/c1-20-14-8-7-12(9-15(14)24-17(20)21)26(22,23)19-16-18-13(10-25-16)11-5-3-2-4-6-11/h2-10H,1H3,(H,18,19). The predicted molar refractivity (Wildman–Crippen MR) is 99.8 cm³/mol. The Hall–Kier alpha value is -2.91. The van der Waals surface area contributed by atoms with Crippen molar-refractivity contribution >= 4 is 37.6 Å². The molecule has 0 aliphatic carbocycles. The minimum atomic E-state index is -3.85. The summed E-state index contributed by atoms with van der Waals surface area (Å²) in [5.74, 6) is -0.546. The van der Waals surface area contributed by atoms with Gasteiger partial charge < -0.3 is 4.42 Å². The molecule has 2 heterocycles. The molecule has 1 N–H and O–H groups in total. The van der Waals surface area contributed by atoms with Crippen LogP contribution in [0.1, 0.15) is 0 Å². The molecule has 0 unspecified atom stereocenters. The minimum Gasteiger partial charge on any atom is -0.408 e. The van der Waals surface area contributed by atoms with Gasteiger partial charge in [0.25, 0.3) is 10.0 Å². The Labute approximate surface area is 152 Å². The zero-order valence-electron chi connectivity index (χ0n) is 13.5. The van der Waals surface area contributed by atoms with Crippen LogP contribution in [0.15, 0.2) is 68.0 Å². The number of oxazole rings is 1. The van der Waals surface area contributed by atoms with Crippen LogP contribution in [0, 0.1) is 0 Å². The Morgan fingerprint density at radius 1 is 1.15 bits per heavy atom. The molecule has 0 atom stereocenters. The number of hydrogen-bond donors (Lipinski definition) is 1. The van der Waals surface area contributed by atoms with Gasteiger partial charge >= 0.3 is 5.76 Å². The molecular weight excluding hydrogens is 374 g/mol. The topological polar surface area (TPSA) is 94.2 Å². The third-order valence-corrected chi connectivity index (χ3v) is 6.09. The van der Waals surface area contributed by atoms with Gasteiger partial charge in [-0.3, -0.25) is 9.29 Å². The van der Waals surface area contributed by atoms with Crippen LogP contribution in [-0.2, 0) is 17.1 Å². The zero-order valence-corrected chi connectivity index (χ0v) is 15.2. The summed E-state index contributed by atoms with van der Waals surface area (Å²) in [7, 11) is -2.29. The Morgan fingerprint density at radius 2 is 1.92 bits per heavy atom. The van der Waals surface area contributed by atoms with Gasteiger partial charge in [-0.15, -0.1) is 11.3 Å². The molecule has 0 spiro atoms. The molecule has 0 amide bonds. The number of hydrogen-bond acceptors (Lipinski definition) is 6. The van der Waals surface area contributed by atoms with Crippen molar-refractivity contribution in [1.29, 1.82) is 0 Å². The minimum absolute atomic E-state index is 0.00388. The lowest BCUT2D eigenvalue weighted by molar-refractivity contribution is 0.527. The van der Waals surface area contributed by atoms with Gasteiger partial charge in [-0.1, -0.05) is 30.3 Å². The number of thiazole rings is 1. The van der Waals surface area contributed by atoms with E-state index in [0.717, 1.165) is 5.56 Å². The first-order valence-electron chi connectivity index (χ1n) is 7.57. The maximum Gasteiger partial charge on any atom is 0.419 e. The Kier molecular flexibility index (Phi) is 3.89. The molecule has 0 saturated carbocycles. The lowest BCUT2D eigenvalue weighted by Gasteiger charge is -2.05. The van der Waals surface area contributed by atoms with Crippen LogP contribution in [0.4, 0.5) is 5.13 Å². The molecular formula is C17H13N3O4S2. The quantitative estimate of drug-likeness (QED) is 0.581. The molecule has 2 aromatic heterocycles. The van der Waals surface area contributed by atoms with Crippen molar-refractivity contribution in [2.45, 2.75) is 4.90 Å². The summed E-state index contributed by atoms with van der Waals surface area (Å²) >= 11 is 1.20. The highest BCUT2D eigenvalue weighted by atomic mass is 32.2. The smallest absolute Gasteiger partial charge is 0.408 e. The Bertz CT molecular complexity index is 1250. The second-order valence-corrected chi connectivity index (χ2v) is 8.11. The number of aryl methyl sites for hydroxylation is 1. The van der Waals surface area contributed by atoms with Crippen LogP contribution in [0.3, 0.4) is 0 Å². The second kappa shape index (κ2) is 6.11. The van der Waals surface area contributed by atoms with Crippen LogP contribution in [0.2, 0.25) is 0 Å². The normalized spacial score (nSPS) is 11.7. The fourth-order valence-electron chi connectivity index (χ4n) is 2.52. The first-order chi connectivity index (χ1) is 12.4. The van der Waals surface area contributed by atoms with Crippen molar-refractivity contribution in [2.24, 2.45) is 7.05 Å². The first-order valence-corrected chi connectivity index (χ1v) is 9.94. The van der Waals surface area contributed by atoms with Crippen LogP contribution >= 0.6 is 11.3 Å². The average Bonchev–Trinajstić information content (AvgIpc) is 3.20. The van der Waals surface area contributed by atoms with Gasteiger partial charge in [-0.2, -0.15) is 0 Å². The van der Waals surface area contributed by atoms with Crippen molar-refractivity contribution in [2.75, 3.05) is 4.72 Å². The van der Waals surface area contributed by atoms with Crippen LogP contribution in [0.25, 0.3) is 22.4 Å². The van der Waals surface area contributed by atoms with E-state index in [-0.39, 0.29) is 15.6 Å². The number of rotatable bonds is 4. The number of nitrogens with one attached hydrogen (secondary N) is 1. The van der Waals surface area contributed by atoms with Gasteiger partial charge in [0, 0.05) is 24.1 Å². The highest BCUT2D eigenvalue weighted by Crippen LogP contribution is 2.27. The van der Waals surface area contributed by atoms with E-state index in [2.05, 4.69) is 9.71 Å². The van der Waals surface area contributed by atoms with E-state index >= 15 is 0 Å². The van der Waals surface area contributed by atoms with E-state index in [1.807, 2.05) is 30.3 Å². The van der Waals surface area contributed by atoms with E-state index in [4.69, 9.17) is 4.42 Å². The third-order valence-electron chi connectivity index (χ3n) is 3.87. The maximum absolute atomic E-state index is 12.6. The summed E-state index contributed by atoms with van der Waals surface area (Å²) < 4.78 is 34.0. The molecule has 9 heteroatoms. The number of fused-ring (bicyclic) bond motifs is 1. The van der Waals surface area contributed by atoms with Crippen molar-refractivity contribution < 1.29 is 12.8 Å². The maximum atomic E-state index is 12.6. The average molecular weight is 387 g/mol. The molecule has 132 valence electrons. The third kappa shape index (κ3) is 2.91. The molecule has 0 aliphatic heterocycles. The second-order valence-electron chi connectivity index (χ2n) is 5.57. The van der Waals surface area contributed by atoms with E-state index in [0.29, 0.717) is 11.2 Å². The molecule has 0 saturated heterocycles.